The normalized spacial score (nSPS) is 24.1. The fourth-order valence-electron chi connectivity index (χ4n) is 2.11. The van der Waals surface area contributed by atoms with Crippen molar-refractivity contribution in [1.82, 2.24) is 5.32 Å². The van der Waals surface area contributed by atoms with Gasteiger partial charge in [-0.05, 0) is 19.4 Å². The zero-order valence-electron chi connectivity index (χ0n) is 11.6. The molecule has 0 aromatic heterocycles. The molecule has 0 amide bonds. The second-order valence-corrected chi connectivity index (χ2v) is 7.00. The Hall–Kier alpha value is -0.660. The van der Waals surface area contributed by atoms with Gasteiger partial charge in [-0.1, -0.05) is 6.92 Å². The molecule has 19 heavy (non-hydrogen) atoms. The second kappa shape index (κ2) is 7.81. The third-order valence-electron chi connectivity index (χ3n) is 3.24. The molecule has 1 N–H and O–H groups in total. The zero-order valence-corrected chi connectivity index (χ0v) is 12.4. The van der Waals surface area contributed by atoms with Crippen LogP contribution in [0.25, 0.3) is 0 Å². The molecule has 0 radical (unpaired) electrons. The third kappa shape index (κ3) is 5.08. The van der Waals surface area contributed by atoms with Crippen molar-refractivity contribution in [3.05, 3.63) is 0 Å². The maximum absolute atomic E-state index is 12.3. The third-order valence-corrected chi connectivity index (χ3v) is 5.40. The molecule has 1 saturated heterocycles. The first-order valence-corrected chi connectivity index (χ1v) is 8.32. The monoisotopic (exact) mass is 293 g/mol. The molecule has 7 heteroatoms. The molecule has 1 aliphatic heterocycles. The van der Waals surface area contributed by atoms with E-state index in [0.29, 0.717) is 13.0 Å². The van der Waals surface area contributed by atoms with Gasteiger partial charge in [0.2, 0.25) is 0 Å². The first kappa shape index (κ1) is 16.4. The molecule has 1 heterocycles. The lowest BCUT2D eigenvalue weighted by Gasteiger charge is -2.31. The Labute approximate surface area is 114 Å². The maximum Gasteiger partial charge on any atom is 0.306 e. The van der Waals surface area contributed by atoms with Crippen LogP contribution >= 0.6 is 0 Å². The molecule has 1 aliphatic rings. The van der Waals surface area contributed by atoms with E-state index in [9.17, 15) is 13.2 Å². The molecular formula is C12H23NO5S. The molecule has 1 rings (SSSR count). The van der Waals surface area contributed by atoms with Crippen LogP contribution in [0.5, 0.6) is 0 Å². The van der Waals surface area contributed by atoms with Gasteiger partial charge in [0.05, 0.1) is 31.1 Å². The smallest absolute Gasteiger partial charge is 0.306 e. The van der Waals surface area contributed by atoms with Crippen molar-refractivity contribution in [2.24, 2.45) is 0 Å². The average Bonchev–Trinajstić information content (AvgIpc) is 2.42. The van der Waals surface area contributed by atoms with Gasteiger partial charge in [0.25, 0.3) is 0 Å². The standard InChI is InChI=1S/C12H23NO5S/c1-3-6-13-10-4-7-18-9-11(10)19(15,16)8-5-12(14)17-2/h10-11,13H,3-9H2,1-2H3. The van der Waals surface area contributed by atoms with Gasteiger partial charge in [0, 0.05) is 12.6 Å². The lowest BCUT2D eigenvalue weighted by Crippen LogP contribution is -2.51. The summed E-state index contributed by atoms with van der Waals surface area (Å²) in [5.74, 6) is -0.684. The van der Waals surface area contributed by atoms with Crippen molar-refractivity contribution in [2.45, 2.75) is 37.5 Å². The van der Waals surface area contributed by atoms with Crippen molar-refractivity contribution in [2.75, 3.05) is 32.6 Å². The average molecular weight is 293 g/mol. The maximum atomic E-state index is 12.3. The summed E-state index contributed by atoms with van der Waals surface area (Å²) >= 11 is 0. The van der Waals surface area contributed by atoms with Gasteiger partial charge in [0.15, 0.2) is 9.84 Å². The predicted octanol–water partition coefficient (Wildman–Crippen LogP) is 0.121. The van der Waals surface area contributed by atoms with Crippen LogP contribution in [0.3, 0.4) is 0 Å². The summed E-state index contributed by atoms with van der Waals surface area (Å²) < 4.78 is 34.3. The Morgan fingerprint density at radius 3 is 2.84 bits per heavy atom. The van der Waals surface area contributed by atoms with Crippen LogP contribution in [0.2, 0.25) is 0 Å². The quantitative estimate of drug-likeness (QED) is 0.672. The molecule has 2 atom stereocenters. The van der Waals surface area contributed by atoms with Gasteiger partial charge in [-0.15, -0.1) is 0 Å². The molecule has 0 spiro atoms. The highest BCUT2D eigenvalue weighted by atomic mass is 32.2. The van der Waals surface area contributed by atoms with Gasteiger partial charge < -0.3 is 14.8 Å². The van der Waals surface area contributed by atoms with Crippen molar-refractivity contribution in [3.8, 4) is 0 Å². The van der Waals surface area contributed by atoms with Crippen LogP contribution in [-0.2, 0) is 24.1 Å². The van der Waals surface area contributed by atoms with E-state index < -0.39 is 21.1 Å². The number of hydrogen-bond acceptors (Lipinski definition) is 6. The molecule has 2 unspecified atom stereocenters. The van der Waals surface area contributed by atoms with E-state index >= 15 is 0 Å². The van der Waals surface area contributed by atoms with E-state index in [4.69, 9.17) is 4.74 Å². The van der Waals surface area contributed by atoms with Crippen molar-refractivity contribution in [1.29, 1.82) is 0 Å². The van der Waals surface area contributed by atoms with Gasteiger partial charge in [0.1, 0.15) is 0 Å². The van der Waals surface area contributed by atoms with Crippen LogP contribution in [0.15, 0.2) is 0 Å². The summed E-state index contributed by atoms with van der Waals surface area (Å²) in [4.78, 5) is 11.1. The lowest BCUT2D eigenvalue weighted by atomic mass is 10.1. The van der Waals surface area contributed by atoms with E-state index in [1.54, 1.807) is 0 Å². The van der Waals surface area contributed by atoms with Crippen LogP contribution < -0.4 is 5.32 Å². The lowest BCUT2D eigenvalue weighted by molar-refractivity contribution is -0.140. The number of sulfone groups is 1. The molecule has 0 aliphatic carbocycles. The van der Waals surface area contributed by atoms with E-state index in [0.717, 1.165) is 13.0 Å². The molecule has 112 valence electrons. The topological polar surface area (TPSA) is 81.7 Å². The summed E-state index contributed by atoms with van der Waals surface area (Å²) in [6.45, 7) is 3.59. The SMILES string of the molecule is CCCNC1CCOCC1S(=O)(=O)CCC(=O)OC. The van der Waals surface area contributed by atoms with Gasteiger partial charge >= 0.3 is 5.97 Å². The van der Waals surface area contributed by atoms with E-state index in [2.05, 4.69) is 10.1 Å². The number of carbonyl (C=O) groups is 1. The fourth-order valence-corrected chi connectivity index (χ4v) is 3.90. The number of nitrogens with one attached hydrogen (secondary N) is 1. The van der Waals surface area contributed by atoms with Crippen molar-refractivity contribution < 1.29 is 22.7 Å². The number of methoxy groups -OCH3 is 1. The fraction of sp³-hybridized carbons (Fsp3) is 0.917. The van der Waals surface area contributed by atoms with E-state index in [1.807, 2.05) is 6.92 Å². The van der Waals surface area contributed by atoms with Gasteiger partial charge in [-0.25, -0.2) is 8.42 Å². The largest absolute Gasteiger partial charge is 0.469 e. The Balaban J connectivity index is 2.64. The molecule has 0 aromatic rings. The molecule has 0 bridgehead atoms. The summed E-state index contributed by atoms with van der Waals surface area (Å²) in [5, 5.41) is 2.68. The molecular weight excluding hydrogens is 270 g/mol. The predicted molar refractivity (Wildman–Crippen MR) is 71.7 cm³/mol. The van der Waals surface area contributed by atoms with Gasteiger partial charge in [-0.2, -0.15) is 0 Å². The Morgan fingerprint density at radius 1 is 1.47 bits per heavy atom. The summed E-state index contributed by atoms with van der Waals surface area (Å²) in [6, 6.07) is -0.0867. The summed E-state index contributed by atoms with van der Waals surface area (Å²) in [5.41, 5.74) is 0. The Kier molecular flexibility index (Phi) is 6.74. The number of ether oxygens (including phenoxy) is 2. The minimum atomic E-state index is -3.36. The van der Waals surface area contributed by atoms with E-state index in [-0.39, 0.29) is 24.8 Å². The Bertz CT molecular complexity index is 382. The first-order valence-electron chi connectivity index (χ1n) is 6.60. The zero-order chi connectivity index (χ0) is 14.3. The summed E-state index contributed by atoms with van der Waals surface area (Å²) in [7, 11) is -2.10. The highest BCUT2D eigenvalue weighted by Crippen LogP contribution is 2.17. The highest BCUT2D eigenvalue weighted by molar-refractivity contribution is 7.92. The number of carbonyl (C=O) groups excluding carboxylic acids is 1. The number of hydrogen-bond donors (Lipinski definition) is 1. The minimum Gasteiger partial charge on any atom is -0.469 e. The van der Waals surface area contributed by atoms with Crippen LogP contribution in [0.1, 0.15) is 26.2 Å². The second-order valence-electron chi connectivity index (χ2n) is 4.66. The van der Waals surface area contributed by atoms with Crippen molar-refractivity contribution in [3.63, 3.8) is 0 Å². The van der Waals surface area contributed by atoms with Crippen LogP contribution in [-0.4, -0.2) is 58.3 Å². The number of esters is 1. The Morgan fingerprint density at radius 2 is 2.21 bits per heavy atom. The van der Waals surface area contributed by atoms with E-state index in [1.165, 1.54) is 7.11 Å². The molecule has 0 saturated carbocycles. The van der Waals surface area contributed by atoms with Crippen molar-refractivity contribution >= 4 is 15.8 Å². The summed E-state index contributed by atoms with van der Waals surface area (Å²) in [6.07, 6.45) is 1.53. The molecule has 1 fully saturated rings. The first-order chi connectivity index (χ1) is 9.01. The minimum absolute atomic E-state index is 0.0867. The molecule has 0 aromatic carbocycles. The molecule has 6 nitrogen and oxygen atoms in total. The van der Waals surface area contributed by atoms with Gasteiger partial charge in [-0.3, -0.25) is 4.79 Å². The number of rotatable bonds is 7. The van der Waals surface area contributed by atoms with Crippen LogP contribution in [0, 0.1) is 0 Å². The van der Waals surface area contributed by atoms with Crippen LogP contribution in [0.4, 0.5) is 0 Å². The highest BCUT2D eigenvalue weighted by Gasteiger charge is 2.35.